The Morgan fingerprint density at radius 3 is 2.71 bits per heavy atom. The number of carbonyl (C=O) groups is 2. The van der Waals surface area contributed by atoms with Gasteiger partial charge in [-0.25, -0.2) is 4.98 Å². The number of thioether (sulfide) groups is 1. The molecule has 2 saturated heterocycles. The molecule has 0 spiro atoms. The molecular weight excluding hydrogens is 586 g/mol. The largest absolute Gasteiger partial charge is 0.379 e. The number of amides is 2. The zero-order chi connectivity index (χ0) is 31.2. The van der Waals surface area contributed by atoms with E-state index < -0.39 is 6.23 Å². The molecule has 0 radical (unpaired) electrons. The predicted octanol–water partition coefficient (Wildman–Crippen LogP) is 5.31. The maximum absolute atomic E-state index is 14.0. The van der Waals surface area contributed by atoms with Crippen molar-refractivity contribution in [1.82, 2.24) is 15.2 Å². The SMILES string of the molecule is C=C1C=C(C(=O)NC2CCOC2)SCC2=C(CCC=C2)N(C(=O)c2ccc(NC(O)c3cccnc3N3CCCC3)cc2)CC1. The number of aromatic nitrogens is 1. The molecule has 2 fully saturated rings. The van der Waals surface area contributed by atoms with Crippen LogP contribution in [0.1, 0.15) is 60.7 Å². The molecule has 236 valence electrons. The first-order valence-electron chi connectivity index (χ1n) is 15.8. The summed E-state index contributed by atoms with van der Waals surface area (Å²) in [4.78, 5) is 36.4. The lowest BCUT2D eigenvalue weighted by Gasteiger charge is -2.30. The lowest BCUT2D eigenvalue weighted by atomic mass is 10.0. The van der Waals surface area contributed by atoms with Crippen LogP contribution >= 0.6 is 11.8 Å². The van der Waals surface area contributed by atoms with E-state index in [4.69, 9.17) is 4.74 Å². The minimum absolute atomic E-state index is 0.0349. The summed E-state index contributed by atoms with van der Waals surface area (Å²) >= 11 is 1.49. The molecule has 1 aliphatic carbocycles. The molecule has 2 unspecified atom stereocenters. The van der Waals surface area contributed by atoms with Crippen LogP contribution in [0.3, 0.4) is 0 Å². The van der Waals surface area contributed by atoms with Crippen molar-refractivity contribution in [3.63, 3.8) is 0 Å². The van der Waals surface area contributed by atoms with E-state index in [2.05, 4.69) is 39.2 Å². The lowest BCUT2D eigenvalue weighted by Crippen LogP contribution is -2.36. The molecule has 4 heterocycles. The number of nitrogens with one attached hydrogen (secondary N) is 2. The number of hydrogen-bond acceptors (Lipinski definition) is 8. The van der Waals surface area contributed by atoms with Gasteiger partial charge in [-0.05, 0) is 86.6 Å². The number of allylic oxidation sites excluding steroid dienone is 4. The smallest absolute Gasteiger partial charge is 0.258 e. The first-order chi connectivity index (χ1) is 22.0. The average Bonchev–Trinajstić information content (AvgIpc) is 3.79. The molecule has 9 nitrogen and oxygen atoms in total. The molecule has 2 amide bonds. The van der Waals surface area contributed by atoms with Gasteiger partial charge in [0.2, 0.25) is 0 Å². The molecule has 0 saturated carbocycles. The minimum Gasteiger partial charge on any atom is -0.379 e. The first-order valence-corrected chi connectivity index (χ1v) is 16.8. The van der Waals surface area contributed by atoms with Gasteiger partial charge in [0.25, 0.3) is 11.8 Å². The Bertz CT molecular complexity index is 1510. The molecule has 4 aliphatic rings. The Labute approximate surface area is 269 Å². The molecule has 45 heavy (non-hydrogen) atoms. The van der Waals surface area contributed by atoms with Crippen LogP contribution in [-0.4, -0.2) is 71.4 Å². The third kappa shape index (κ3) is 7.52. The van der Waals surface area contributed by atoms with Crippen LogP contribution in [0, 0.1) is 0 Å². The van der Waals surface area contributed by atoms with Crippen molar-refractivity contribution in [1.29, 1.82) is 0 Å². The standard InChI is InChI=1S/C35H41N5O4S/c1-24-14-19-40(30-9-3-2-7-26(30)23-45-31(21-24)34(42)38-28-15-20-44-22-28)35(43)25-10-12-27(13-11-25)37-33(41)29-8-6-16-36-32(29)39-17-4-5-18-39/h2,6-8,10-13,16,21,28,33,37,41H,1,3-5,9,14-15,17-20,22-23H2,(H,38,42). The molecular formula is C35H41N5O4S. The third-order valence-corrected chi connectivity index (χ3v) is 9.69. The van der Waals surface area contributed by atoms with Crippen molar-refractivity contribution < 1.29 is 19.4 Å². The van der Waals surface area contributed by atoms with Gasteiger partial charge in [0.05, 0.1) is 17.6 Å². The maximum atomic E-state index is 14.0. The number of benzene rings is 1. The second-order valence-electron chi connectivity index (χ2n) is 11.8. The molecule has 10 heteroatoms. The highest BCUT2D eigenvalue weighted by Crippen LogP contribution is 2.33. The van der Waals surface area contributed by atoms with Crippen molar-refractivity contribution in [3.8, 4) is 0 Å². The fourth-order valence-corrected chi connectivity index (χ4v) is 7.18. The second-order valence-corrected chi connectivity index (χ2v) is 12.9. The van der Waals surface area contributed by atoms with Gasteiger partial charge >= 0.3 is 0 Å². The number of aliphatic hydroxyl groups excluding tert-OH is 1. The quantitative estimate of drug-likeness (QED) is 0.355. The van der Waals surface area contributed by atoms with Crippen molar-refractivity contribution >= 4 is 35.1 Å². The monoisotopic (exact) mass is 627 g/mol. The summed E-state index contributed by atoms with van der Waals surface area (Å²) < 4.78 is 5.42. The molecule has 1 aromatic heterocycles. The van der Waals surface area contributed by atoms with Crippen LogP contribution in [0.2, 0.25) is 0 Å². The van der Waals surface area contributed by atoms with Crippen LogP contribution in [0.15, 0.2) is 89.2 Å². The molecule has 3 aliphatic heterocycles. The maximum Gasteiger partial charge on any atom is 0.258 e. The fraction of sp³-hybridized carbons (Fsp3) is 0.400. The second kappa shape index (κ2) is 14.5. The number of rotatable bonds is 7. The Morgan fingerprint density at radius 1 is 1.11 bits per heavy atom. The lowest BCUT2D eigenvalue weighted by molar-refractivity contribution is -0.117. The molecule has 3 N–H and O–H groups in total. The molecule has 2 atom stereocenters. The summed E-state index contributed by atoms with van der Waals surface area (Å²) in [7, 11) is 0. The number of nitrogens with zero attached hydrogens (tertiary/aromatic N) is 3. The van der Waals surface area contributed by atoms with Gasteiger partial charge in [-0.3, -0.25) is 9.59 Å². The van der Waals surface area contributed by atoms with Gasteiger partial charge in [0.1, 0.15) is 5.82 Å². The highest BCUT2D eigenvalue weighted by molar-refractivity contribution is 8.04. The van der Waals surface area contributed by atoms with E-state index in [1.807, 2.05) is 35.2 Å². The van der Waals surface area contributed by atoms with E-state index in [0.29, 0.717) is 48.1 Å². The van der Waals surface area contributed by atoms with Gasteiger partial charge in [0, 0.05) is 60.7 Å². The van der Waals surface area contributed by atoms with Gasteiger partial charge < -0.3 is 30.3 Å². The topological polar surface area (TPSA) is 107 Å². The summed E-state index contributed by atoms with van der Waals surface area (Å²) in [6.45, 7) is 7.77. The Balaban J connectivity index is 1.16. The van der Waals surface area contributed by atoms with Gasteiger partial charge in [-0.15, -0.1) is 11.8 Å². The van der Waals surface area contributed by atoms with Crippen molar-refractivity contribution in [2.75, 3.05) is 48.8 Å². The number of aliphatic hydroxyl groups is 1. The van der Waals surface area contributed by atoms with Gasteiger partial charge in [-0.2, -0.15) is 0 Å². The van der Waals surface area contributed by atoms with Crippen molar-refractivity contribution in [2.45, 2.75) is 50.8 Å². The first kappa shape index (κ1) is 31.1. The molecule has 6 rings (SSSR count). The highest BCUT2D eigenvalue weighted by Gasteiger charge is 2.27. The predicted molar refractivity (Wildman–Crippen MR) is 179 cm³/mol. The molecule has 2 aromatic rings. The number of carbonyl (C=O) groups excluding carboxylic acids is 2. The summed E-state index contributed by atoms with van der Waals surface area (Å²) in [5.41, 5.74) is 4.87. The van der Waals surface area contributed by atoms with Crippen LogP contribution in [0.25, 0.3) is 0 Å². The zero-order valence-corrected chi connectivity index (χ0v) is 26.4. The summed E-state index contributed by atoms with van der Waals surface area (Å²) in [5, 5.41) is 17.3. The van der Waals surface area contributed by atoms with Crippen molar-refractivity contribution in [2.24, 2.45) is 0 Å². The Morgan fingerprint density at radius 2 is 1.93 bits per heavy atom. The van der Waals surface area contributed by atoms with E-state index >= 15 is 0 Å². The Hall–Kier alpha value is -3.86. The van der Waals surface area contributed by atoms with Crippen molar-refractivity contribution in [3.05, 3.63) is 100 Å². The fourth-order valence-electron chi connectivity index (χ4n) is 6.16. The number of pyridine rings is 1. The normalized spacial score (nSPS) is 21.3. The molecule has 1 aromatic carbocycles. The van der Waals surface area contributed by atoms with E-state index in [9.17, 15) is 14.7 Å². The van der Waals surface area contributed by atoms with Gasteiger partial charge in [-0.1, -0.05) is 24.3 Å². The van der Waals surface area contributed by atoms with E-state index in [1.165, 1.54) is 11.8 Å². The zero-order valence-electron chi connectivity index (χ0n) is 25.5. The van der Waals surface area contributed by atoms with Crippen LogP contribution in [0.5, 0.6) is 0 Å². The van der Waals surface area contributed by atoms with Crippen LogP contribution < -0.4 is 15.5 Å². The van der Waals surface area contributed by atoms with E-state index in [0.717, 1.165) is 73.4 Å². The average molecular weight is 628 g/mol. The number of ether oxygens (including phenoxy) is 1. The third-order valence-electron chi connectivity index (χ3n) is 8.62. The minimum atomic E-state index is -0.935. The molecule has 0 bridgehead atoms. The number of hydrogen-bond donors (Lipinski definition) is 3. The van der Waals surface area contributed by atoms with Crippen LogP contribution in [0.4, 0.5) is 11.5 Å². The summed E-state index contributed by atoms with van der Waals surface area (Å²) in [5.74, 6) is 1.22. The van der Waals surface area contributed by atoms with Crippen LogP contribution in [-0.2, 0) is 9.53 Å². The summed E-state index contributed by atoms with van der Waals surface area (Å²) in [6.07, 6.45) is 12.1. The van der Waals surface area contributed by atoms with E-state index in [-0.39, 0.29) is 17.9 Å². The Kier molecular flexibility index (Phi) is 10.0. The van der Waals surface area contributed by atoms with E-state index in [1.54, 1.807) is 18.3 Å². The van der Waals surface area contributed by atoms with Gasteiger partial charge in [0.15, 0.2) is 6.23 Å². The summed E-state index contributed by atoms with van der Waals surface area (Å²) in [6, 6.07) is 11.0. The number of anilines is 2. The highest BCUT2D eigenvalue weighted by atomic mass is 32.2.